The number of nitrogens with one attached hydrogen (secondary N) is 1. The van der Waals surface area contributed by atoms with Gasteiger partial charge in [-0.25, -0.2) is 0 Å². The molecule has 0 fully saturated rings. The Kier molecular flexibility index (Phi) is 4.03. The van der Waals surface area contributed by atoms with E-state index in [1.54, 1.807) is 12.3 Å². The number of anilines is 1. The summed E-state index contributed by atoms with van der Waals surface area (Å²) in [7, 11) is 0. The maximum absolute atomic E-state index is 12.7. The van der Waals surface area contributed by atoms with Crippen LogP contribution in [0.5, 0.6) is 0 Å². The highest BCUT2D eigenvalue weighted by Gasteiger charge is 2.19. The van der Waals surface area contributed by atoms with Crippen LogP contribution >= 0.6 is 22.9 Å². The van der Waals surface area contributed by atoms with Crippen molar-refractivity contribution < 1.29 is 9.21 Å². The van der Waals surface area contributed by atoms with Crippen LogP contribution in [0.25, 0.3) is 11.1 Å². The van der Waals surface area contributed by atoms with E-state index in [1.807, 2.05) is 41.8 Å². The number of aromatic nitrogens is 3. The monoisotopic (exact) mass is 372 g/mol. The summed E-state index contributed by atoms with van der Waals surface area (Å²) < 4.78 is 7.36. The van der Waals surface area contributed by atoms with Gasteiger partial charge in [-0.2, -0.15) is 0 Å². The molecule has 0 aliphatic rings. The molecule has 3 aromatic heterocycles. The van der Waals surface area contributed by atoms with Crippen LogP contribution in [0.2, 0.25) is 5.02 Å². The zero-order valence-electron chi connectivity index (χ0n) is 13.2. The van der Waals surface area contributed by atoms with E-state index in [0.717, 1.165) is 16.1 Å². The van der Waals surface area contributed by atoms with Crippen molar-refractivity contribution in [3.8, 4) is 0 Å². The van der Waals surface area contributed by atoms with Crippen LogP contribution in [-0.4, -0.2) is 20.7 Å². The Morgan fingerprint density at radius 3 is 2.80 bits per heavy atom. The van der Waals surface area contributed by atoms with Crippen LogP contribution in [0.1, 0.15) is 21.1 Å². The number of furan rings is 1. The number of aryl methyl sites for hydroxylation is 1. The summed E-state index contributed by atoms with van der Waals surface area (Å²) in [6.07, 6.45) is 1.61. The number of hydrogen-bond acceptors (Lipinski definition) is 5. The van der Waals surface area contributed by atoms with Gasteiger partial charge in [0.15, 0.2) is 5.58 Å². The minimum atomic E-state index is -0.253. The van der Waals surface area contributed by atoms with E-state index in [4.69, 9.17) is 16.0 Å². The Bertz CT molecular complexity index is 1050. The highest BCUT2D eigenvalue weighted by Crippen LogP contribution is 2.24. The van der Waals surface area contributed by atoms with E-state index in [1.165, 1.54) is 11.3 Å². The first-order chi connectivity index (χ1) is 12.1. The molecule has 0 bridgehead atoms. The molecule has 0 saturated heterocycles. The van der Waals surface area contributed by atoms with Gasteiger partial charge in [0, 0.05) is 23.7 Å². The summed E-state index contributed by atoms with van der Waals surface area (Å²) in [6, 6.07) is 11.1. The fraction of sp³-hybridized carbons (Fsp3) is 0.118. The van der Waals surface area contributed by atoms with Gasteiger partial charge in [0.05, 0.1) is 11.8 Å². The minimum absolute atomic E-state index is 0.253. The lowest BCUT2D eigenvalue weighted by Gasteiger charge is -2.10. The largest absolute Gasteiger partial charge is 0.463 e. The van der Waals surface area contributed by atoms with Gasteiger partial charge in [-0.15, -0.1) is 10.2 Å². The molecule has 3 heterocycles. The third kappa shape index (κ3) is 3.16. The Balaban J connectivity index is 1.69. The number of hydrogen-bond donors (Lipinski definition) is 1. The van der Waals surface area contributed by atoms with E-state index in [-0.39, 0.29) is 5.91 Å². The van der Waals surface area contributed by atoms with Crippen LogP contribution < -0.4 is 5.32 Å². The first-order valence-corrected chi connectivity index (χ1v) is 8.72. The molecular formula is C17H13ClN4O2S. The topological polar surface area (TPSA) is 73.0 Å². The van der Waals surface area contributed by atoms with Crippen molar-refractivity contribution in [1.29, 1.82) is 0 Å². The first-order valence-electron chi connectivity index (χ1n) is 7.53. The highest BCUT2D eigenvalue weighted by molar-refractivity contribution is 7.15. The van der Waals surface area contributed by atoms with E-state index in [0.29, 0.717) is 28.0 Å². The molecule has 0 atom stereocenters. The maximum Gasteiger partial charge on any atom is 0.274 e. The van der Waals surface area contributed by atoms with Crippen molar-refractivity contribution in [3.05, 3.63) is 63.9 Å². The first kappa shape index (κ1) is 15.9. The lowest BCUT2D eigenvalue weighted by Crippen LogP contribution is -2.17. The second-order valence-electron chi connectivity index (χ2n) is 5.49. The second kappa shape index (κ2) is 6.34. The zero-order chi connectivity index (χ0) is 17.4. The van der Waals surface area contributed by atoms with Gasteiger partial charge in [0.2, 0.25) is 5.13 Å². The summed E-state index contributed by atoms with van der Waals surface area (Å²) in [5.41, 5.74) is 3.04. The summed E-state index contributed by atoms with van der Waals surface area (Å²) >= 11 is 7.28. The van der Waals surface area contributed by atoms with Crippen molar-refractivity contribution >= 4 is 45.1 Å². The summed E-state index contributed by atoms with van der Waals surface area (Å²) in [6.45, 7) is 2.36. The molecule has 8 heteroatoms. The predicted molar refractivity (Wildman–Crippen MR) is 97.4 cm³/mol. The number of halogens is 1. The smallest absolute Gasteiger partial charge is 0.274 e. The Morgan fingerprint density at radius 1 is 1.28 bits per heavy atom. The molecule has 0 aliphatic carbocycles. The van der Waals surface area contributed by atoms with Gasteiger partial charge < -0.3 is 8.98 Å². The Labute approximate surface area is 152 Å². The van der Waals surface area contributed by atoms with E-state index in [9.17, 15) is 4.79 Å². The van der Waals surface area contributed by atoms with Crippen LogP contribution in [0.3, 0.4) is 0 Å². The fourth-order valence-electron chi connectivity index (χ4n) is 2.62. The number of rotatable bonds is 4. The molecule has 4 aromatic rings. The molecule has 0 saturated carbocycles. The number of nitrogens with zero attached hydrogens (tertiary/aromatic N) is 3. The molecule has 25 heavy (non-hydrogen) atoms. The third-order valence-corrected chi connectivity index (χ3v) is 4.76. The molecule has 4 rings (SSSR count). The van der Waals surface area contributed by atoms with Gasteiger partial charge in [-0.05, 0) is 24.6 Å². The molecule has 1 aromatic carbocycles. The van der Waals surface area contributed by atoms with Gasteiger partial charge in [0.1, 0.15) is 10.7 Å². The van der Waals surface area contributed by atoms with Crippen LogP contribution in [0.15, 0.2) is 47.1 Å². The van der Waals surface area contributed by atoms with Gasteiger partial charge in [-0.3, -0.25) is 10.1 Å². The molecule has 1 N–H and O–H groups in total. The average Bonchev–Trinajstić information content (AvgIpc) is 3.27. The molecule has 126 valence electrons. The molecule has 0 aliphatic heterocycles. The van der Waals surface area contributed by atoms with Crippen molar-refractivity contribution in [2.45, 2.75) is 13.5 Å². The minimum Gasteiger partial charge on any atom is -0.463 e. The highest BCUT2D eigenvalue weighted by atomic mass is 35.5. The number of benzene rings is 1. The summed E-state index contributed by atoms with van der Waals surface area (Å²) in [5.74, 6) is -0.253. The lowest BCUT2D eigenvalue weighted by molar-refractivity contribution is 0.101. The fourth-order valence-corrected chi connectivity index (χ4v) is 3.33. The number of carbonyl (C=O) groups is 1. The van der Waals surface area contributed by atoms with Gasteiger partial charge in [-0.1, -0.05) is 35.1 Å². The SMILES string of the molecule is Cc1nnc(NC(=O)c2cc3occc3n2Cc2ccc(Cl)cc2)s1. The van der Waals surface area contributed by atoms with Crippen LogP contribution in [0.4, 0.5) is 5.13 Å². The summed E-state index contributed by atoms with van der Waals surface area (Å²) in [4.78, 5) is 12.7. The van der Waals surface area contributed by atoms with Crippen molar-refractivity contribution in [2.75, 3.05) is 5.32 Å². The van der Waals surface area contributed by atoms with Crippen molar-refractivity contribution in [3.63, 3.8) is 0 Å². The average molecular weight is 373 g/mol. The predicted octanol–water partition coefficient (Wildman–Crippen LogP) is 4.35. The van der Waals surface area contributed by atoms with E-state index >= 15 is 0 Å². The van der Waals surface area contributed by atoms with Crippen LogP contribution in [-0.2, 0) is 6.54 Å². The normalized spacial score (nSPS) is 11.1. The maximum atomic E-state index is 12.7. The molecule has 0 unspecified atom stereocenters. The second-order valence-corrected chi connectivity index (χ2v) is 7.11. The zero-order valence-corrected chi connectivity index (χ0v) is 14.8. The molecule has 0 spiro atoms. The number of carbonyl (C=O) groups excluding carboxylic acids is 1. The standard InChI is InChI=1S/C17H13ClN4O2S/c1-10-20-21-17(25-10)19-16(23)14-8-15-13(6-7-24-15)22(14)9-11-2-4-12(18)5-3-11/h2-8H,9H2,1H3,(H,19,21,23). The molecule has 6 nitrogen and oxygen atoms in total. The van der Waals surface area contributed by atoms with Crippen molar-refractivity contribution in [1.82, 2.24) is 14.8 Å². The van der Waals surface area contributed by atoms with E-state index in [2.05, 4.69) is 15.5 Å². The Hall–Kier alpha value is -2.64. The molecular weight excluding hydrogens is 360 g/mol. The lowest BCUT2D eigenvalue weighted by atomic mass is 10.2. The van der Waals surface area contributed by atoms with Crippen molar-refractivity contribution in [2.24, 2.45) is 0 Å². The number of amides is 1. The third-order valence-electron chi connectivity index (χ3n) is 3.76. The molecule has 1 amide bonds. The van der Waals surface area contributed by atoms with Crippen LogP contribution in [0, 0.1) is 6.92 Å². The van der Waals surface area contributed by atoms with Gasteiger partial charge in [0.25, 0.3) is 5.91 Å². The molecule has 0 radical (unpaired) electrons. The Morgan fingerprint density at radius 2 is 2.08 bits per heavy atom. The number of fused-ring (bicyclic) bond motifs is 1. The van der Waals surface area contributed by atoms with E-state index < -0.39 is 0 Å². The summed E-state index contributed by atoms with van der Waals surface area (Å²) in [5, 5.41) is 12.6. The quantitative estimate of drug-likeness (QED) is 0.578. The van der Waals surface area contributed by atoms with Gasteiger partial charge >= 0.3 is 0 Å².